The number of allylic oxidation sites excluding steroid dienone is 4. The van der Waals surface area contributed by atoms with Gasteiger partial charge in [0.15, 0.2) is 0 Å². The molecule has 0 saturated heterocycles. The van der Waals surface area contributed by atoms with Crippen molar-refractivity contribution in [3.8, 4) is 33.4 Å². The molecule has 64 heavy (non-hydrogen) atoms. The summed E-state index contributed by atoms with van der Waals surface area (Å²) < 4.78 is 0. The molecular weight excluding hydrogens is 771 g/mol. The number of benzene rings is 9. The highest BCUT2D eigenvalue weighted by atomic mass is 14.8. The van der Waals surface area contributed by atoms with E-state index in [4.69, 9.17) is 0 Å². The Morgan fingerprint density at radius 3 is 2.14 bits per heavy atom. The Labute approximate surface area is 375 Å². The minimum Gasteiger partial charge on any atom is -0.361 e. The highest BCUT2D eigenvalue weighted by Gasteiger charge is 2.51. The van der Waals surface area contributed by atoms with Crippen molar-refractivity contribution in [2.24, 2.45) is 0 Å². The summed E-state index contributed by atoms with van der Waals surface area (Å²) in [5.74, 6) is 0.618. The molecule has 0 aliphatic heterocycles. The van der Waals surface area contributed by atoms with Crippen LogP contribution in [-0.2, 0) is 18.3 Å². The SMILES string of the molecule is C(=C/C(=C\c1ccccc1-c1ccccc1)c1ccccc1C1CCC1)/C=C/Nc1cccc2c1-c1ccccc1C21c2cc3c4c(cccc4c2-c2cccc4cccc1c24)CC3. The molecule has 0 aromatic heterocycles. The molecule has 1 N–H and O–H groups in total. The summed E-state index contributed by atoms with van der Waals surface area (Å²) >= 11 is 0. The van der Waals surface area contributed by atoms with Crippen LogP contribution >= 0.6 is 0 Å². The van der Waals surface area contributed by atoms with Crippen molar-refractivity contribution >= 4 is 38.9 Å². The summed E-state index contributed by atoms with van der Waals surface area (Å²) in [6.07, 6.45) is 17.2. The third-order valence-corrected chi connectivity index (χ3v) is 14.9. The van der Waals surface area contributed by atoms with E-state index in [1.807, 2.05) is 0 Å². The summed E-state index contributed by atoms with van der Waals surface area (Å²) in [7, 11) is 0. The average Bonchev–Trinajstić information content (AvgIpc) is 3.88. The minimum atomic E-state index is -0.469. The third-order valence-electron chi connectivity index (χ3n) is 14.9. The monoisotopic (exact) mass is 817 g/mol. The molecule has 1 unspecified atom stereocenters. The lowest BCUT2D eigenvalue weighted by Gasteiger charge is -2.41. The predicted octanol–water partition coefficient (Wildman–Crippen LogP) is 16.1. The van der Waals surface area contributed by atoms with Gasteiger partial charge < -0.3 is 5.32 Å². The third kappa shape index (κ3) is 5.50. The first-order chi connectivity index (χ1) is 31.8. The number of hydrogen-bond acceptors (Lipinski definition) is 1. The molecule has 1 spiro atoms. The lowest BCUT2D eigenvalue weighted by molar-refractivity contribution is 0.419. The fraction of sp³-hybridized carbons (Fsp3) is 0.111. The van der Waals surface area contributed by atoms with Gasteiger partial charge in [-0.15, -0.1) is 0 Å². The van der Waals surface area contributed by atoms with Crippen LogP contribution in [0.3, 0.4) is 0 Å². The highest BCUT2D eigenvalue weighted by Crippen LogP contribution is 2.64. The number of nitrogens with one attached hydrogen (secondary N) is 1. The summed E-state index contributed by atoms with van der Waals surface area (Å²) in [5.41, 5.74) is 22.1. The van der Waals surface area contributed by atoms with Crippen molar-refractivity contribution in [3.63, 3.8) is 0 Å². The summed E-state index contributed by atoms with van der Waals surface area (Å²) in [6.45, 7) is 0. The van der Waals surface area contributed by atoms with E-state index in [0.717, 1.165) is 18.5 Å². The highest BCUT2D eigenvalue weighted by molar-refractivity contribution is 6.15. The maximum absolute atomic E-state index is 3.83. The topological polar surface area (TPSA) is 12.0 Å². The van der Waals surface area contributed by atoms with E-state index in [0.29, 0.717) is 5.92 Å². The Kier molecular flexibility index (Phi) is 8.59. The molecule has 304 valence electrons. The first-order valence-electron chi connectivity index (χ1n) is 23.2. The second-order valence-electron chi connectivity index (χ2n) is 18.2. The number of fused-ring (bicyclic) bond motifs is 10. The van der Waals surface area contributed by atoms with Crippen LogP contribution in [0.1, 0.15) is 75.3 Å². The van der Waals surface area contributed by atoms with Crippen molar-refractivity contribution in [2.45, 2.75) is 43.4 Å². The number of rotatable bonds is 8. The fourth-order valence-corrected chi connectivity index (χ4v) is 12.0. The lowest BCUT2D eigenvalue weighted by Crippen LogP contribution is -2.32. The second-order valence-corrected chi connectivity index (χ2v) is 18.2. The van der Waals surface area contributed by atoms with E-state index in [-0.39, 0.29) is 0 Å². The maximum Gasteiger partial charge on any atom is 0.0726 e. The molecule has 1 heteroatoms. The van der Waals surface area contributed by atoms with Crippen molar-refractivity contribution in [1.82, 2.24) is 0 Å². The van der Waals surface area contributed by atoms with Crippen LogP contribution in [0.2, 0.25) is 0 Å². The molecule has 0 bridgehead atoms. The Bertz CT molecular complexity index is 3440. The van der Waals surface area contributed by atoms with Crippen LogP contribution < -0.4 is 5.32 Å². The van der Waals surface area contributed by atoms with E-state index in [1.165, 1.54) is 130 Å². The van der Waals surface area contributed by atoms with Crippen molar-refractivity contribution < 1.29 is 0 Å². The average molecular weight is 818 g/mol. The van der Waals surface area contributed by atoms with Crippen molar-refractivity contribution in [1.29, 1.82) is 0 Å². The summed E-state index contributed by atoms with van der Waals surface area (Å²) in [6, 6.07) is 68.3. The first kappa shape index (κ1) is 37.1. The molecule has 4 aliphatic rings. The van der Waals surface area contributed by atoms with Crippen molar-refractivity contribution in [2.75, 3.05) is 5.32 Å². The maximum atomic E-state index is 3.83. The van der Waals surface area contributed by atoms with Gasteiger partial charge in [0.1, 0.15) is 0 Å². The number of anilines is 1. The second kappa shape index (κ2) is 14.8. The van der Waals surface area contributed by atoms with Gasteiger partial charge >= 0.3 is 0 Å². The van der Waals surface area contributed by atoms with Crippen molar-refractivity contribution in [3.05, 3.63) is 256 Å². The summed E-state index contributed by atoms with van der Waals surface area (Å²) in [5, 5.41) is 9.36. The van der Waals surface area contributed by atoms with Gasteiger partial charge in [-0.25, -0.2) is 0 Å². The van der Waals surface area contributed by atoms with E-state index in [9.17, 15) is 0 Å². The van der Waals surface area contributed by atoms with Crippen LogP contribution in [0.25, 0.3) is 66.6 Å². The van der Waals surface area contributed by atoms with Gasteiger partial charge in [0.2, 0.25) is 0 Å². The van der Waals surface area contributed by atoms with Gasteiger partial charge in [-0.3, -0.25) is 0 Å². The predicted molar refractivity (Wildman–Crippen MR) is 270 cm³/mol. The summed E-state index contributed by atoms with van der Waals surface area (Å²) in [4.78, 5) is 0. The van der Waals surface area contributed by atoms with Crippen LogP contribution in [0.15, 0.2) is 206 Å². The zero-order chi connectivity index (χ0) is 42.2. The Morgan fingerprint density at radius 2 is 1.25 bits per heavy atom. The molecule has 4 aliphatic carbocycles. The Morgan fingerprint density at radius 1 is 0.531 bits per heavy atom. The van der Waals surface area contributed by atoms with Gasteiger partial charge in [0.25, 0.3) is 0 Å². The van der Waals surface area contributed by atoms with Gasteiger partial charge in [0, 0.05) is 17.5 Å². The molecule has 9 aromatic rings. The molecular formula is C63H47N. The standard InChI is InChI=1S/C63H47N/c1-2-17-41(18-3-1)48-26-5-4-19-45(48)39-46(50-28-7-6-27-49(50)42-21-12-22-42)20-10-11-38-64-58-35-16-34-56-62(58)51-29-8-9-32-54(51)63(56)55-33-15-25-43-23-13-31-53(60(43)55)61-52-30-14-24-44-36-37-47(59(44)52)40-57(61)63/h1-11,13-20,23-35,38-40,42,64H,12,21-22,36-37H2/b20-10-,38-11+,46-39+. The number of aryl methyl sites for hydroxylation is 2. The quantitative estimate of drug-likeness (QED) is 0.119. The molecule has 0 heterocycles. The smallest absolute Gasteiger partial charge is 0.0726 e. The minimum absolute atomic E-state index is 0.469. The Hall–Kier alpha value is -7.48. The van der Waals surface area contributed by atoms with Crippen LogP contribution in [-0.4, -0.2) is 0 Å². The molecule has 1 saturated carbocycles. The van der Waals surface area contributed by atoms with Gasteiger partial charge in [0.05, 0.1) is 5.41 Å². The normalized spacial score (nSPS) is 17.0. The number of hydrogen-bond donors (Lipinski definition) is 1. The van der Waals surface area contributed by atoms with Crippen LogP contribution in [0.5, 0.6) is 0 Å². The fourth-order valence-electron chi connectivity index (χ4n) is 12.0. The first-order valence-corrected chi connectivity index (χ1v) is 23.2. The molecule has 0 radical (unpaired) electrons. The lowest BCUT2D eigenvalue weighted by atomic mass is 9.60. The van der Waals surface area contributed by atoms with E-state index in [1.54, 1.807) is 0 Å². The molecule has 1 fully saturated rings. The molecule has 9 aromatic carbocycles. The molecule has 0 amide bonds. The van der Waals surface area contributed by atoms with Gasteiger partial charge in [-0.05, 0) is 155 Å². The van der Waals surface area contributed by atoms with E-state index >= 15 is 0 Å². The van der Waals surface area contributed by atoms with Gasteiger partial charge in [-0.2, -0.15) is 0 Å². The molecule has 1 atom stereocenters. The van der Waals surface area contributed by atoms with E-state index in [2.05, 4.69) is 218 Å². The zero-order valence-corrected chi connectivity index (χ0v) is 35.8. The Balaban J connectivity index is 0.935. The van der Waals surface area contributed by atoms with E-state index < -0.39 is 5.41 Å². The van der Waals surface area contributed by atoms with Crippen LogP contribution in [0, 0.1) is 0 Å². The molecule has 1 nitrogen and oxygen atoms in total. The largest absolute Gasteiger partial charge is 0.361 e. The molecule has 13 rings (SSSR count). The zero-order valence-electron chi connectivity index (χ0n) is 35.8. The van der Waals surface area contributed by atoms with Gasteiger partial charge in [-0.1, -0.05) is 194 Å². The van der Waals surface area contributed by atoms with Crippen LogP contribution in [0.4, 0.5) is 5.69 Å².